The topological polar surface area (TPSA) is 64.0 Å². The molecule has 0 spiro atoms. The Hall–Kier alpha value is -3.54. The maximum Gasteiger partial charge on any atom is 0.203 e. The predicted octanol–water partition coefficient (Wildman–Crippen LogP) is 4.33. The molecule has 4 aromatic rings. The lowest BCUT2D eigenvalue weighted by Crippen LogP contribution is -2.04. The zero-order chi connectivity index (χ0) is 18.6. The molecule has 2 aromatic carbocycles. The van der Waals surface area contributed by atoms with Gasteiger partial charge in [-0.3, -0.25) is 0 Å². The maximum atomic E-state index is 5.19. The van der Waals surface area contributed by atoms with Crippen molar-refractivity contribution in [2.24, 2.45) is 7.05 Å². The maximum absolute atomic E-state index is 5.19. The smallest absolute Gasteiger partial charge is 0.203 e. The first-order valence-corrected chi connectivity index (χ1v) is 8.74. The van der Waals surface area contributed by atoms with Gasteiger partial charge in [0.2, 0.25) is 5.95 Å². The minimum absolute atomic E-state index is 0.725. The van der Waals surface area contributed by atoms with Crippen molar-refractivity contribution in [3.8, 4) is 5.75 Å². The molecule has 0 amide bonds. The van der Waals surface area contributed by atoms with Crippen molar-refractivity contribution in [3.63, 3.8) is 0 Å². The number of rotatable bonds is 6. The first kappa shape index (κ1) is 16.9. The van der Waals surface area contributed by atoms with Crippen LogP contribution in [0, 0.1) is 0 Å². The highest BCUT2D eigenvalue weighted by atomic mass is 16.5. The van der Waals surface area contributed by atoms with E-state index in [2.05, 4.69) is 32.7 Å². The third kappa shape index (κ3) is 3.69. The van der Waals surface area contributed by atoms with Crippen LogP contribution in [0.25, 0.3) is 11.0 Å². The van der Waals surface area contributed by atoms with Crippen LogP contribution in [0.2, 0.25) is 0 Å². The highest BCUT2D eigenvalue weighted by molar-refractivity contribution is 5.81. The molecular formula is C21H21N5O. The van der Waals surface area contributed by atoms with E-state index in [-0.39, 0.29) is 0 Å². The Morgan fingerprint density at radius 1 is 1.04 bits per heavy atom. The fourth-order valence-electron chi connectivity index (χ4n) is 2.92. The van der Waals surface area contributed by atoms with E-state index in [0.717, 1.165) is 40.8 Å². The molecule has 0 saturated carbocycles. The van der Waals surface area contributed by atoms with Crippen molar-refractivity contribution in [3.05, 3.63) is 72.4 Å². The van der Waals surface area contributed by atoms with Crippen LogP contribution in [0.5, 0.6) is 5.75 Å². The van der Waals surface area contributed by atoms with Crippen molar-refractivity contribution in [1.29, 1.82) is 0 Å². The van der Waals surface area contributed by atoms with Gasteiger partial charge in [0.1, 0.15) is 17.1 Å². The standard InChI is InChI=1S/C21H21N5O/c1-26-19-12-20(24-16-8-10-17(27-2)11-9-16)22-14-18(19)25-21(26)23-13-15-6-4-3-5-7-15/h3-12,14H,13H2,1-2H3,(H,22,24)(H,23,25). The number of pyridine rings is 1. The molecule has 2 N–H and O–H groups in total. The van der Waals surface area contributed by atoms with Crippen molar-refractivity contribution >= 4 is 28.5 Å². The van der Waals surface area contributed by atoms with Gasteiger partial charge in [-0.25, -0.2) is 9.97 Å². The molecule has 136 valence electrons. The number of imidazole rings is 1. The minimum Gasteiger partial charge on any atom is -0.497 e. The molecule has 0 unspecified atom stereocenters. The molecular weight excluding hydrogens is 338 g/mol. The van der Waals surface area contributed by atoms with Crippen LogP contribution in [0.15, 0.2) is 66.9 Å². The van der Waals surface area contributed by atoms with Gasteiger partial charge in [-0.05, 0) is 29.8 Å². The summed E-state index contributed by atoms with van der Waals surface area (Å²) in [7, 11) is 3.66. The molecule has 0 saturated heterocycles. The zero-order valence-electron chi connectivity index (χ0n) is 15.3. The summed E-state index contributed by atoms with van der Waals surface area (Å²) in [6.07, 6.45) is 1.79. The SMILES string of the molecule is COc1ccc(Nc2cc3c(cn2)nc(NCc2ccccc2)n3C)cc1. The Morgan fingerprint density at radius 2 is 1.81 bits per heavy atom. The van der Waals surface area contributed by atoms with Crippen molar-refractivity contribution in [1.82, 2.24) is 14.5 Å². The first-order valence-electron chi connectivity index (χ1n) is 8.74. The third-order valence-corrected chi connectivity index (χ3v) is 4.42. The van der Waals surface area contributed by atoms with Crippen LogP contribution in [0.4, 0.5) is 17.5 Å². The molecule has 0 bridgehead atoms. The normalized spacial score (nSPS) is 10.7. The minimum atomic E-state index is 0.725. The lowest BCUT2D eigenvalue weighted by Gasteiger charge is -2.08. The van der Waals surface area contributed by atoms with Crippen LogP contribution >= 0.6 is 0 Å². The second-order valence-corrected chi connectivity index (χ2v) is 6.25. The van der Waals surface area contributed by atoms with E-state index < -0.39 is 0 Å². The van der Waals surface area contributed by atoms with Gasteiger partial charge in [-0.15, -0.1) is 0 Å². The van der Waals surface area contributed by atoms with Crippen LogP contribution in [-0.2, 0) is 13.6 Å². The molecule has 0 atom stereocenters. The number of hydrogen-bond acceptors (Lipinski definition) is 5. The van der Waals surface area contributed by atoms with E-state index in [4.69, 9.17) is 4.74 Å². The largest absolute Gasteiger partial charge is 0.497 e. The molecule has 4 rings (SSSR count). The van der Waals surface area contributed by atoms with E-state index in [0.29, 0.717) is 0 Å². The third-order valence-electron chi connectivity index (χ3n) is 4.42. The molecule has 6 heteroatoms. The molecule has 2 heterocycles. The highest BCUT2D eigenvalue weighted by Crippen LogP contribution is 2.23. The summed E-state index contributed by atoms with van der Waals surface area (Å²) >= 11 is 0. The lowest BCUT2D eigenvalue weighted by atomic mass is 10.2. The van der Waals surface area contributed by atoms with Crippen molar-refractivity contribution in [2.75, 3.05) is 17.7 Å². The molecule has 2 aromatic heterocycles. The highest BCUT2D eigenvalue weighted by Gasteiger charge is 2.09. The zero-order valence-corrected chi connectivity index (χ0v) is 15.3. The number of hydrogen-bond donors (Lipinski definition) is 2. The van der Waals surface area contributed by atoms with Gasteiger partial charge in [0, 0.05) is 25.3 Å². The fraction of sp³-hybridized carbons (Fsp3) is 0.143. The Labute approximate surface area is 157 Å². The van der Waals surface area contributed by atoms with Gasteiger partial charge in [0.05, 0.1) is 18.8 Å². The van der Waals surface area contributed by atoms with E-state index >= 15 is 0 Å². The van der Waals surface area contributed by atoms with E-state index in [9.17, 15) is 0 Å². The molecule has 0 radical (unpaired) electrons. The first-order chi connectivity index (χ1) is 13.2. The number of fused-ring (bicyclic) bond motifs is 1. The summed E-state index contributed by atoms with van der Waals surface area (Å²) in [5.74, 6) is 2.41. The molecule has 0 aliphatic heterocycles. The average molecular weight is 359 g/mol. The number of aromatic nitrogens is 3. The molecule has 0 aliphatic carbocycles. The Kier molecular flexibility index (Phi) is 4.61. The Bertz CT molecular complexity index is 1040. The van der Waals surface area contributed by atoms with Gasteiger partial charge in [-0.1, -0.05) is 30.3 Å². The number of nitrogens with zero attached hydrogens (tertiary/aromatic N) is 3. The van der Waals surface area contributed by atoms with Gasteiger partial charge in [-0.2, -0.15) is 0 Å². The number of nitrogens with one attached hydrogen (secondary N) is 2. The second-order valence-electron chi connectivity index (χ2n) is 6.25. The van der Waals surface area contributed by atoms with E-state index in [1.54, 1.807) is 13.3 Å². The van der Waals surface area contributed by atoms with Crippen molar-refractivity contribution in [2.45, 2.75) is 6.54 Å². The lowest BCUT2D eigenvalue weighted by molar-refractivity contribution is 0.415. The second kappa shape index (κ2) is 7.37. The monoisotopic (exact) mass is 359 g/mol. The number of anilines is 3. The molecule has 0 aliphatic rings. The van der Waals surface area contributed by atoms with Gasteiger partial charge in [0.15, 0.2) is 0 Å². The molecule has 6 nitrogen and oxygen atoms in total. The Morgan fingerprint density at radius 3 is 2.56 bits per heavy atom. The van der Waals surface area contributed by atoms with E-state index in [1.807, 2.05) is 60.1 Å². The summed E-state index contributed by atoms with van der Waals surface area (Å²) in [5, 5.41) is 6.70. The quantitative estimate of drug-likeness (QED) is 0.536. The average Bonchev–Trinajstić information content (AvgIpc) is 3.03. The summed E-state index contributed by atoms with van der Waals surface area (Å²) in [6, 6.07) is 20.0. The summed E-state index contributed by atoms with van der Waals surface area (Å²) in [6.45, 7) is 0.725. The number of methoxy groups -OCH3 is 1. The van der Waals surface area contributed by atoms with Crippen LogP contribution < -0.4 is 15.4 Å². The number of benzene rings is 2. The van der Waals surface area contributed by atoms with Crippen LogP contribution in [0.1, 0.15) is 5.56 Å². The number of ether oxygens (including phenoxy) is 1. The molecule has 0 fully saturated rings. The van der Waals surface area contributed by atoms with Crippen LogP contribution in [0.3, 0.4) is 0 Å². The summed E-state index contributed by atoms with van der Waals surface area (Å²) in [4.78, 5) is 9.11. The Balaban J connectivity index is 1.54. The van der Waals surface area contributed by atoms with Gasteiger partial charge in [0.25, 0.3) is 0 Å². The van der Waals surface area contributed by atoms with E-state index in [1.165, 1.54) is 5.56 Å². The predicted molar refractivity (Wildman–Crippen MR) is 109 cm³/mol. The van der Waals surface area contributed by atoms with Crippen LogP contribution in [-0.4, -0.2) is 21.6 Å². The van der Waals surface area contributed by atoms with Gasteiger partial charge >= 0.3 is 0 Å². The van der Waals surface area contributed by atoms with Crippen molar-refractivity contribution < 1.29 is 4.74 Å². The molecule has 27 heavy (non-hydrogen) atoms. The fourth-order valence-corrected chi connectivity index (χ4v) is 2.92. The summed E-state index contributed by atoms with van der Waals surface area (Å²) in [5.41, 5.74) is 4.03. The summed E-state index contributed by atoms with van der Waals surface area (Å²) < 4.78 is 7.23. The van der Waals surface area contributed by atoms with Gasteiger partial charge < -0.3 is 19.9 Å². The number of aryl methyl sites for hydroxylation is 1.